The van der Waals surface area contributed by atoms with E-state index in [9.17, 15) is 4.79 Å². The first-order valence-corrected chi connectivity index (χ1v) is 3.81. The lowest BCUT2D eigenvalue weighted by Crippen LogP contribution is -2.13. The van der Waals surface area contributed by atoms with E-state index in [1.54, 1.807) is 0 Å². The molecule has 1 rings (SSSR count). The van der Waals surface area contributed by atoms with Crippen LogP contribution < -0.4 is 0 Å². The molecule has 1 aliphatic rings. The van der Waals surface area contributed by atoms with Crippen LogP contribution in [0.2, 0.25) is 0 Å². The highest BCUT2D eigenvalue weighted by Crippen LogP contribution is 2.31. The second-order valence-electron chi connectivity index (χ2n) is 3.68. The summed E-state index contributed by atoms with van der Waals surface area (Å²) < 4.78 is 0. The van der Waals surface area contributed by atoms with Crippen molar-refractivity contribution in [1.29, 1.82) is 0 Å². The molecule has 0 saturated heterocycles. The van der Waals surface area contributed by atoms with Crippen LogP contribution in [0.3, 0.4) is 0 Å². The van der Waals surface area contributed by atoms with Crippen molar-refractivity contribution in [2.24, 2.45) is 5.41 Å². The molecule has 0 amide bonds. The SMILES string of the molecule is CC1(C)C=C(C=O)CCC1. The Morgan fingerprint density at radius 1 is 1.60 bits per heavy atom. The molecule has 1 heteroatoms. The van der Waals surface area contributed by atoms with E-state index in [-0.39, 0.29) is 5.41 Å². The fraction of sp³-hybridized carbons (Fsp3) is 0.667. The van der Waals surface area contributed by atoms with Crippen molar-refractivity contribution in [3.05, 3.63) is 11.6 Å². The van der Waals surface area contributed by atoms with Gasteiger partial charge in [0.15, 0.2) is 0 Å². The van der Waals surface area contributed by atoms with Crippen molar-refractivity contribution in [2.45, 2.75) is 33.1 Å². The van der Waals surface area contributed by atoms with E-state index in [0.717, 1.165) is 24.7 Å². The predicted octanol–water partition coefficient (Wildman–Crippen LogP) is 2.32. The summed E-state index contributed by atoms with van der Waals surface area (Å²) in [6.07, 6.45) is 6.44. The zero-order chi connectivity index (χ0) is 7.61. The fourth-order valence-electron chi connectivity index (χ4n) is 1.49. The zero-order valence-corrected chi connectivity index (χ0v) is 6.68. The minimum atomic E-state index is 0.258. The molecular formula is C9H14O. The number of aldehydes is 1. The second-order valence-corrected chi connectivity index (χ2v) is 3.68. The molecule has 0 aromatic carbocycles. The van der Waals surface area contributed by atoms with Crippen LogP contribution in [-0.4, -0.2) is 6.29 Å². The Morgan fingerprint density at radius 2 is 2.30 bits per heavy atom. The first kappa shape index (κ1) is 7.52. The number of carbonyl (C=O) groups excluding carboxylic acids is 1. The Hall–Kier alpha value is -0.590. The van der Waals surface area contributed by atoms with E-state index < -0.39 is 0 Å². The van der Waals surface area contributed by atoms with E-state index in [0.29, 0.717) is 0 Å². The van der Waals surface area contributed by atoms with Crippen LogP contribution in [0.5, 0.6) is 0 Å². The van der Waals surface area contributed by atoms with Gasteiger partial charge in [-0.25, -0.2) is 0 Å². The maximum Gasteiger partial charge on any atom is 0.145 e. The predicted molar refractivity (Wildman–Crippen MR) is 41.8 cm³/mol. The highest BCUT2D eigenvalue weighted by Gasteiger charge is 2.19. The summed E-state index contributed by atoms with van der Waals surface area (Å²) in [7, 11) is 0. The van der Waals surface area contributed by atoms with Gasteiger partial charge in [0.05, 0.1) is 0 Å². The number of hydrogen-bond acceptors (Lipinski definition) is 1. The molecule has 0 aliphatic heterocycles. The first-order valence-electron chi connectivity index (χ1n) is 3.81. The molecule has 0 fully saturated rings. The van der Waals surface area contributed by atoms with E-state index in [1.807, 2.05) is 0 Å². The van der Waals surface area contributed by atoms with Gasteiger partial charge in [-0.1, -0.05) is 19.9 Å². The van der Waals surface area contributed by atoms with Crippen LogP contribution in [0.1, 0.15) is 33.1 Å². The van der Waals surface area contributed by atoms with E-state index in [4.69, 9.17) is 0 Å². The summed E-state index contributed by atoms with van der Waals surface area (Å²) in [5.41, 5.74) is 1.24. The average Bonchev–Trinajstić information content (AvgIpc) is 1.86. The Balaban J connectivity index is 2.75. The van der Waals surface area contributed by atoms with Crippen molar-refractivity contribution in [3.8, 4) is 0 Å². The van der Waals surface area contributed by atoms with Crippen molar-refractivity contribution in [2.75, 3.05) is 0 Å². The van der Waals surface area contributed by atoms with Crippen LogP contribution in [0.15, 0.2) is 11.6 Å². The fourth-order valence-corrected chi connectivity index (χ4v) is 1.49. The maximum absolute atomic E-state index is 10.4. The Morgan fingerprint density at radius 3 is 2.70 bits per heavy atom. The third kappa shape index (κ3) is 1.69. The standard InChI is InChI=1S/C9H14O/c1-9(2)5-3-4-8(6-9)7-10/h6-7H,3-5H2,1-2H3. The van der Waals surface area contributed by atoms with Crippen LogP contribution in [0.25, 0.3) is 0 Å². The van der Waals surface area contributed by atoms with Gasteiger partial charge < -0.3 is 0 Å². The molecule has 0 radical (unpaired) electrons. The molecule has 0 aromatic rings. The Bertz CT molecular complexity index is 166. The highest BCUT2D eigenvalue weighted by molar-refractivity contribution is 5.73. The second kappa shape index (κ2) is 2.57. The molecular weight excluding hydrogens is 124 g/mol. The van der Waals surface area contributed by atoms with Gasteiger partial charge in [0.2, 0.25) is 0 Å². The lowest BCUT2D eigenvalue weighted by molar-refractivity contribution is -0.105. The molecule has 0 spiro atoms. The Kier molecular flexibility index (Phi) is 1.93. The van der Waals surface area contributed by atoms with Gasteiger partial charge in [0.25, 0.3) is 0 Å². The quantitative estimate of drug-likeness (QED) is 0.508. The molecule has 0 N–H and O–H groups in total. The summed E-state index contributed by atoms with van der Waals surface area (Å²) in [5.74, 6) is 0. The van der Waals surface area contributed by atoms with Crippen molar-refractivity contribution in [1.82, 2.24) is 0 Å². The average molecular weight is 138 g/mol. The summed E-state index contributed by atoms with van der Waals surface area (Å²) in [5, 5.41) is 0. The number of carbonyl (C=O) groups is 1. The molecule has 0 bridgehead atoms. The lowest BCUT2D eigenvalue weighted by atomic mass is 9.80. The molecule has 1 aliphatic carbocycles. The molecule has 0 aromatic heterocycles. The zero-order valence-electron chi connectivity index (χ0n) is 6.68. The van der Waals surface area contributed by atoms with Crippen LogP contribution >= 0.6 is 0 Å². The highest BCUT2D eigenvalue weighted by atomic mass is 16.1. The van der Waals surface area contributed by atoms with E-state index in [2.05, 4.69) is 19.9 Å². The van der Waals surface area contributed by atoms with Gasteiger partial charge in [-0.15, -0.1) is 0 Å². The normalized spacial score (nSPS) is 23.6. The molecule has 0 saturated carbocycles. The summed E-state index contributed by atoms with van der Waals surface area (Å²) in [6.45, 7) is 4.35. The minimum Gasteiger partial charge on any atom is -0.298 e. The van der Waals surface area contributed by atoms with Crippen LogP contribution in [0, 0.1) is 5.41 Å². The molecule has 56 valence electrons. The molecule has 10 heavy (non-hydrogen) atoms. The topological polar surface area (TPSA) is 17.1 Å². The van der Waals surface area contributed by atoms with Gasteiger partial charge in [0.1, 0.15) is 6.29 Å². The monoisotopic (exact) mass is 138 g/mol. The van der Waals surface area contributed by atoms with Crippen LogP contribution in [-0.2, 0) is 4.79 Å². The van der Waals surface area contributed by atoms with Gasteiger partial charge in [-0.2, -0.15) is 0 Å². The van der Waals surface area contributed by atoms with Gasteiger partial charge in [0, 0.05) is 0 Å². The molecule has 0 heterocycles. The maximum atomic E-state index is 10.4. The lowest BCUT2D eigenvalue weighted by Gasteiger charge is -2.25. The van der Waals surface area contributed by atoms with Crippen LogP contribution in [0.4, 0.5) is 0 Å². The summed E-state index contributed by atoms with van der Waals surface area (Å²) in [6, 6.07) is 0. The molecule has 0 atom stereocenters. The van der Waals surface area contributed by atoms with Gasteiger partial charge in [-0.05, 0) is 30.3 Å². The molecule has 1 nitrogen and oxygen atoms in total. The third-order valence-corrected chi connectivity index (χ3v) is 2.01. The first-order chi connectivity index (χ1) is 4.64. The summed E-state index contributed by atoms with van der Waals surface area (Å²) in [4.78, 5) is 10.4. The largest absolute Gasteiger partial charge is 0.298 e. The smallest absolute Gasteiger partial charge is 0.145 e. The molecule has 0 unspecified atom stereocenters. The number of rotatable bonds is 1. The van der Waals surface area contributed by atoms with E-state index >= 15 is 0 Å². The number of hydrogen-bond donors (Lipinski definition) is 0. The van der Waals surface area contributed by atoms with Crippen molar-refractivity contribution < 1.29 is 4.79 Å². The third-order valence-electron chi connectivity index (χ3n) is 2.01. The number of allylic oxidation sites excluding steroid dienone is 2. The summed E-state index contributed by atoms with van der Waals surface area (Å²) >= 11 is 0. The van der Waals surface area contributed by atoms with Gasteiger partial charge >= 0.3 is 0 Å². The van der Waals surface area contributed by atoms with Gasteiger partial charge in [-0.3, -0.25) is 4.79 Å². The Labute approximate surface area is 62.1 Å². The van der Waals surface area contributed by atoms with Crippen molar-refractivity contribution >= 4 is 6.29 Å². The van der Waals surface area contributed by atoms with E-state index in [1.165, 1.54) is 6.42 Å². The van der Waals surface area contributed by atoms with Crippen molar-refractivity contribution in [3.63, 3.8) is 0 Å². The minimum absolute atomic E-state index is 0.258.